The molecule has 1 heterocycles. The van der Waals surface area contributed by atoms with Crippen LogP contribution in [0.2, 0.25) is 0 Å². The Kier molecular flexibility index (Phi) is 6.46. The lowest BCUT2D eigenvalue weighted by molar-refractivity contribution is -0.122. The van der Waals surface area contributed by atoms with Gasteiger partial charge in [-0.15, -0.1) is 0 Å². The number of ether oxygens (including phenoxy) is 2. The zero-order chi connectivity index (χ0) is 21.0. The van der Waals surface area contributed by atoms with Gasteiger partial charge in [0.2, 0.25) is 0 Å². The van der Waals surface area contributed by atoms with Gasteiger partial charge in [-0.25, -0.2) is 0 Å². The van der Waals surface area contributed by atoms with Gasteiger partial charge in [0, 0.05) is 4.47 Å². The van der Waals surface area contributed by atoms with E-state index < -0.39 is 11.8 Å². The van der Waals surface area contributed by atoms with E-state index in [1.54, 1.807) is 42.5 Å². The van der Waals surface area contributed by atoms with E-state index in [1.165, 1.54) is 18.1 Å². The SMILES string of the molecule is C=CCOc1ccc(/C=C2/C(=O)NC(=S)N(c3cccc(Br)c3)C2=O)cc1OC. The Hall–Kier alpha value is -2.97. The number of carbonyl (C=O) groups excluding carboxylic acids is 2. The maximum absolute atomic E-state index is 13.1. The maximum atomic E-state index is 13.1. The van der Waals surface area contributed by atoms with Gasteiger partial charge in [-0.2, -0.15) is 0 Å². The number of amides is 2. The normalized spacial score (nSPS) is 15.3. The molecule has 0 aliphatic carbocycles. The molecular formula is C21H17BrN2O4S. The molecule has 1 aliphatic heterocycles. The van der Waals surface area contributed by atoms with Crippen molar-refractivity contribution in [1.29, 1.82) is 0 Å². The summed E-state index contributed by atoms with van der Waals surface area (Å²) in [6.07, 6.45) is 3.12. The first kappa shape index (κ1) is 20.8. The van der Waals surface area contributed by atoms with Gasteiger partial charge in [0.25, 0.3) is 11.8 Å². The quantitative estimate of drug-likeness (QED) is 0.299. The Labute approximate surface area is 181 Å². The Morgan fingerprint density at radius 1 is 1.21 bits per heavy atom. The first-order valence-corrected chi connectivity index (χ1v) is 9.73. The molecular weight excluding hydrogens is 456 g/mol. The Morgan fingerprint density at radius 3 is 2.69 bits per heavy atom. The summed E-state index contributed by atoms with van der Waals surface area (Å²) in [6.45, 7) is 3.94. The van der Waals surface area contributed by atoms with Gasteiger partial charge in [-0.3, -0.25) is 19.8 Å². The smallest absolute Gasteiger partial charge is 0.270 e. The molecule has 148 valence electrons. The third kappa shape index (κ3) is 4.55. The highest BCUT2D eigenvalue weighted by Crippen LogP contribution is 2.30. The molecule has 0 aromatic heterocycles. The van der Waals surface area contributed by atoms with Crippen molar-refractivity contribution in [3.05, 3.63) is 70.7 Å². The van der Waals surface area contributed by atoms with Gasteiger partial charge in [-0.1, -0.05) is 40.7 Å². The third-order valence-corrected chi connectivity index (χ3v) is 4.80. The van der Waals surface area contributed by atoms with Crippen molar-refractivity contribution in [3.63, 3.8) is 0 Å². The Bertz CT molecular complexity index is 1040. The van der Waals surface area contributed by atoms with Crippen molar-refractivity contribution < 1.29 is 19.1 Å². The number of hydrogen-bond donors (Lipinski definition) is 1. The van der Waals surface area contributed by atoms with Crippen molar-refractivity contribution in [2.24, 2.45) is 0 Å². The summed E-state index contributed by atoms with van der Waals surface area (Å²) in [7, 11) is 1.51. The lowest BCUT2D eigenvalue weighted by Crippen LogP contribution is -2.54. The molecule has 8 heteroatoms. The largest absolute Gasteiger partial charge is 0.493 e. The van der Waals surface area contributed by atoms with E-state index in [0.717, 1.165) is 4.47 Å². The molecule has 6 nitrogen and oxygen atoms in total. The minimum absolute atomic E-state index is 0.0287. The van der Waals surface area contributed by atoms with Gasteiger partial charge in [-0.05, 0) is 54.2 Å². The van der Waals surface area contributed by atoms with Crippen molar-refractivity contribution in [3.8, 4) is 11.5 Å². The first-order valence-electron chi connectivity index (χ1n) is 8.53. The van der Waals surface area contributed by atoms with Crippen molar-refractivity contribution >= 4 is 56.8 Å². The van der Waals surface area contributed by atoms with E-state index in [4.69, 9.17) is 21.7 Å². The highest BCUT2D eigenvalue weighted by atomic mass is 79.9. The third-order valence-electron chi connectivity index (χ3n) is 4.02. The standard InChI is InChI=1S/C21H17BrN2O4S/c1-3-9-28-17-8-7-13(11-18(17)27-2)10-16-19(25)23-21(29)24(20(16)26)15-6-4-5-14(22)12-15/h3-8,10-12H,1,9H2,2H3,(H,23,25,29)/b16-10-. The van der Waals surface area contributed by atoms with E-state index in [-0.39, 0.29) is 10.7 Å². The molecule has 0 saturated carbocycles. The number of methoxy groups -OCH3 is 1. The summed E-state index contributed by atoms with van der Waals surface area (Å²) in [5, 5.41) is 2.59. The minimum Gasteiger partial charge on any atom is -0.493 e. The van der Waals surface area contributed by atoms with Gasteiger partial charge in [0.1, 0.15) is 12.2 Å². The molecule has 3 rings (SSSR count). The Morgan fingerprint density at radius 2 is 2.00 bits per heavy atom. The van der Waals surface area contributed by atoms with Crippen LogP contribution in [-0.2, 0) is 9.59 Å². The van der Waals surface area contributed by atoms with Crippen LogP contribution in [0.3, 0.4) is 0 Å². The maximum Gasteiger partial charge on any atom is 0.270 e. The number of nitrogens with zero attached hydrogens (tertiary/aromatic N) is 1. The molecule has 2 aromatic carbocycles. The van der Waals surface area contributed by atoms with Gasteiger partial charge in [0.05, 0.1) is 12.8 Å². The fourth-order valence-corrected chi connectivity index (χ4v) is 3.38. The van der Waals surface area contributed by atoms with Crippen LogP contribution < -0.4 is 19.7 Å². The van der Waals surface area contributed by atoms with Crippen LogP contribution in [-0.4, -0.2) is 30.6 Å². The predicted molar refractivity (Wildman–Crippen MR) is 119 cm³/mol. The van der Waals surface area contributed by atoms with Crippen LogP contribution in [0.5, 0.6) is 11.5 Å². The van der Waals surface area contributed by atoms with Crippen molar-refractivity contribution in [2.75, 3.05) is 18.6 Å². The van der Waals surface area contributed by atoms with Gasteiger partial charge >= 0.3 is 0 Å². The van der Waals surface area contributed by atoms with E-state index in [1.807, 2.05) is 6.07 Å². The van der Waals surface area contributed by atoms with Crippen LogP contribution in [0.1, 0.15) is 5.56 Å². The summed E-state index contributed by atoms with van der Waals surface area (Å²) in [5.41, 5.74) is 1.11. The summed E-state index contributed by atoms with van der Waals surface area (Å²) < 4.78 is 11.6. The topological polar surface area (TPSA) is 67.9 Å². The second-order valence-electron chi connectivity index (χ2n) is 5.95. The number of carbonyl (C=O) groups is 2. The number of thiocarbonyl (C=S) groups is 1. The summed E-state index contributed by atoms with van der Waals surface area (Å²) in [5.74, 6) is -0.0601. The van der Waals surface area contributed by atoms with Crippen LogP contribution in [0, 0.1) is 0 Å². The first-order chi connectivity index (χ1) is 13.9. The highest BCUT2D eigenvalue weighted by Gasteiger charge is 2.34. The number of anilines is 1. The summed E-state index contributed by atoms with van der Waals surface area (Å²) in [6, 6.07) is 12.2. The molecule has 0 atom stereocenters. The molecule has 0 bridgehead atoms. The zero-order valence-electron chi connectivity index (χ0n) is 15.5. The average Bonchev–Trinajstić information content (AvgIpc) is 2.69. The van der Waals surface area contributed by atoms with Crippen LogP contribution in [0.25, 0.3) is 6.08 Å². The minimum atomic E-state index is -0.558. The molecule has 1 aliphatic rings. The Balaban J connectivity index is 1.97. The van der Waals surface area contributed by atoms with Crippen LogP contribution in [0.4, 0.5) is 5.69 Å². The molecule has 1 fully saturated rings. The van der Waals surface area contributed by atoms with Crippen molar-refractivity contribution in [1.82, 2.24) is 5.32 Å². The zero-order valence-corrected chi connectivity index (χ0v) is 17.9. The van der Waals surface area contributed by atoms with E-state index in [9.17, 15) is 9.59 Å². The molecule has 0 radical (unpaired) electrons. The second kappa shape index (κ2) is 9.02. The van der Waals surface area contributed by atoms with Crippen LogP contribution >= 0.6 is 28.1 Å². The van der Waals surface area contributed by atoms with Gasteiger partial charge < -0.3 is 9.47 Å². The highest BCUT2D eigenvalue weighted by molar-refractivity contribution is 9.10. The molecule has 2 amide bonds. The molecule has 1 saturated heterocycles. The number of halogens is 1. The average molecular weight is 473 g/mol. The second-order valence-corrected chi connectivity index (χ2v) is 7.25. The molecule has 1 N–H and O–H groups in total. The number of benzene rings is 2. The lowest BCUT2D eigenvalue weighted by atomic mass is 10.1. The fourth-order valence-electron chi connectivity index (χ4n) is 2.72. The molecule has 2 aromatic rings. The number of hydrogen-bond acceptors (Lipinski definition) is 5. The van der Waals surface area contributed by atoms with Gasteiger partial charge in [0.15, 0.2) is 16.6 Å². The van der Waals surface area contributed by atoms with E-state index >= 15 is 0 Å². The molecule has 0 unspecified atom stereocenters. The summed E-state index contributed by atoms with van der Waals surface area (Å²) >= 11 is 8.58. The molecule has 0 spiro atoms. The van der Waals surface area contributed by atoms with E-state index in [2.05, 4.69) is 27.8 Å². The fraction of sp³-hybridized carbons (Fsp3) is 0.0952. The predicted octanol–water partition coefficient (Wildman–Crippen LogP) is 3.85. The number of nitrogens with one attached hydrogen (secondary N) is 1. The summed E-state index contributed by atoms with van der Waals surface area (Å²) in [4.78, 5) is 26.8. The molecule has 29 heavy (non-hydrogen) atoms. The number of rotatable bonds is 6. The van der Waals surface area contributed by atoms with Crippen molar-refractivity contribution in [2.45, 2.75) is 0 Å². The van der Waals surface area contributed by atoms with E-state index in [0.29, 0.717) is 29.4 Å². The lowest BCUT2D eigenvalue weighted by Gasteiger charge is -2.29. The van der Waals surface area contributed by atoms with Crippen LogP contribution in [0.15, 0.2) is 65.2 Å². The monoisotopic (exact) mass is 472 g/mol.